The van der Waals surface area contributed by atoms with Crippen LogP contribution in [-0.2, 0) is 4.79 Å². The highest BCUT2D eigenvalue weighted by molar-refractivity contribution is 6.04. The van der Waals surface area contributed by atoms with Gasteiger partial charge in [-0.1, -0.05) is 18.2 Å². The van der Waals surface area contributed by atoms with Crippen molar-refractivity contribution in [1.82, 2.24) is 26.1 Å². The summed E-state index contributed by atoms with van der Waals surface area (Å²) in [5.74, 6) is -0.0771. The van der Waals surface area contributed by atoms with Gasteiger partial charge < -0.3 is 16.0 Å². The molecule has 0 aliphatic carbocycles. The summed E-state index contributed by atoms with van der Waals surface area (Å²) < 4.78 is 0. The molecule has 1 saturated heterocycles. The van der Waals surface area contributed by atoms with Crippen LogP contribution in [0.25, 0.3) is 10.9 Å². The summed E-state index contributed by atoms with van der Waals surface area (Å²) in [6, 6.07) is 7.48. The van der Waals surface area contributed by atoms with Gasteiger partial charge in [0, 0.05) is 24.4 Å². The number of hydrogen-bond donors (Lipinski definition) is 4. The van der Waals surface area contributed by atoms with Crippen LogP contribution in [-0.4, -0.2) is 48.2 Å². The van der Waals surface area contributed by atoms with Crippen molar-refractivity contribution in [3.63, 3.8) is 0 Å². The van der Waals surface area contributed by atoms with Gasteiger partial charge in [-0.05, 0) is 32.0 Å². The number of nitrogens with zero attached hydrogens (tertiary/aromatic N) is 1. The number of para-hydroxylation sites is 1. The molecular formula is C16H21N5O2. The van der Waals surface area contributed by atoms with Crippen molar-refractivity contribution in [2.75, 3.05) is 26.2 Å². The highest BCUT2D eigenvalue weighted by Gasteiger charge is 2.20. The van der Waals surface area contributed by atoms with Gasteiger partial charge in [-0.2, -0.15) is 5.10 Å². The number of carbonyl (C=O) groups is 2. The van der Waals surface area contributed by atoms with Crippen LogP contribution in [0.4, 0.5) is 0 Å². The molecule has 1 fully saturated rings. The van der Waals surface area contributed by atoms with Gasteiger partial charge in [-0.15, -0.1) is 0 Å². The lowest BCUT2D eigenvalue weighted by atomic mass is 9.97. The number of benzene rings is 1. The molecule has 2 heterocycles. The first-order valence-electron chi connectivity index (χ1n) is 7.95. The van der Waals surface area contributed by atoms with E-state index in [1.165, 1.54) is 0 Å². The van der Waals surface area contributed by atoms with Gasteiger partial charge in [-0.25, -0.2) is 0 Å². The first-order chi connectivity index (χ1) is 11.3. The molecule has 0 bridgehead atoms. The minimum Gasteiger partial charge on any atom is -0.354 e. The van der Waals surface area contributed by atoms with Gasteiger partial charge in [0.25, 0.3) is 5.91 Å². The molecule has 1 aromatic carbocycles. The van der Waals surface area contributed by atoms with Crippen molar-refractivity contribution >= 4 is 22.7 Å². The number of rotatable bonds is 5. The van der Waals surface area contributed by atoms with Gasteiger partial charge in [0.2, 0.25) is 5.91 Å². The third-order valence-electron chi connectivity index (χ3n) is 4.11. The summed E-state index contributed by atoms with van der Waals surface area (Å²) >= 11 is 0. The highest BCUT2D eigenvalue weighted by Crippen LogP contribution is 2.14. The molecule has 0 saturated carbocycles. The summed E-state index contributed by atoms with van der Waals surface area (Å²) in [6.07, 6.45) is 1.74. The fourth-order valence-electron chi connectivity index (χ4n) is 2.81. The molecule has 1 aliphatic heterocycles. The van der Waals surface area contributed by atoms with Crippen molar-refractivity contribution in [2.45, 2.75) is 12.8 Å². The van der Waals surface area contributed by atoms with Crippen LogP contribution < -0.4 is 16.0 Å². The van der Waals surface area contributed by atoms with E-state index in [1.807, 2.05) is 24.3 Å². The summed E-state index contributed by atoms with van der Waals surface area (Å²) in [7, 11) is 0. The number of piperidine rings is 1. The number of aromatic amines is 1. The zero-order valence-electron chi connectivity index (χ0n) is 12.9. The third kappa shape index (κ3) is 3.68. The summed E-state index contributed by atoms with van der Waals surface area (Å²) in [4.78, 5) is 24.1. The molecule has 1 aliphatic rings. The molecule has 0 spiro atoms. The lowest BCUT2D eigenvalue weighted by Crippen LogP contribution is -2.41. The SMILES string of the molecule is O=C(NCCNC(=O)C1CCNCC1)c1n[nH]c2ccccc12. The monoisotopic (exact) mass is 315 g/mol. The van der Waals surface area contributed by atoms with Crippen molar-refractivity contribution in [2.24, 2.45) is 5.92 Å². The summed E-state index contributed by atoms with van der Waals surface area (Å²) in [5, 5.41) is 16.6. The molecule has 122 valence electrons. The standard InChI is InChI=1S/C16H21N5O2/c22-15(11-5-7-17-8-6-11)18-9-10-19-16(23)14-12-3-1-2-4-13(12)20-21-14/h1-4,11,17H,5-10H2,(H,18,22)(H,19,23)(H,20,21). The van der Waals surface area contributed by atoms with Gasteiger partial charge in [0.05, 0.1) is 5.52 Å². The van der Waals surface area contributed by atoms with E-state index in [0.717, 1.165) is 36.8 Å². The van der Waals surface area contributed by atoms with Crippen LogP contribution in [0.1, 0.15) is 23.3 Å². The molecule has 2 aromatic rings. The average molecular weight is 315 g/mol. The van der Waals surface area contributed by atoms with Gasteiger partial charge in [-0.3, -0.25) is 14.7 Å². The largest absolute Gasteiger partial charge is 0.354 e. The third-order valence-corrected chi connectivity index (χ3v) is 4.11. The first kappa shape index (κ1) is 15.5. The Hall–Kier alpha value is -2.41. The topological polar surface area (TPSA) is 98.9 Å². The fourth-order valence-corrected chi connectivity index (χ4v) is 2.81. The second-order valence-electron chi connectivity index (χ2n) is 5.69. The minimum absolute atomic E-state index is 0.0750. The van der Waals surface area contributed by atoms with E-state index in [2.05, 4.69) is 26.1 Å². The summed E-state index contributed by atoms with van der Waals surface area (Å²) in [5.41, 5.74) is 1.21. The van der Waals surface area contributed by atoms with E-state index in [9.17, 15) is 9.59 Å². The number of nitrogens with one attached hydrogen (secondary N) is 4. The fraction of sp³-hybridized carbons (Fsp3) is 0.438. The molecule has 1 aromatic heterocycles. The Morgan fingerprint density at radius 1 is 1.13 bits per heavy atom. The minimum atomic E-state index is -0.237. The molecular weight excluding hydrogens is 294 g/mol. The van der Waals surface area contributed by atoms with Crippen molar-refractivity contribution in [1.29, 1.82) is 0 Å². The Bertz CT molecular complexity index is 691. The van der Waals surface area contributed by atoms with E-state index in [0.29, 0.717) is 18.8 Å². The number of hydrogen-bond acceptors (Lipinski definition) is 4. The van der Waals surface area contributed by atoms with Crippen molar-refractivity contribution < 1.29 is 9.59 Å². The number of fused-ring (bicyclic) bond motifs is 1. The van der Waals surface area contributed by atoms with Crippen molar-refractivity contribution in [3.05, 3.63) is 30.0 Å². The zero-order chi connectivity index (χ0) is 16.1. The van der Waals surface area contributed by atoms with Crippen molar-refractivity contribution in [3.8, 4) is 0 Å². The molecule has 7 nitrogen and oxygen atoms in total. The van der Waals surface area contributed by atoms with E-state index < -0.39 is 0 Å². The number of carbonyl (C=O) groups excluding carboxylic acids is 2. The Balaban J connectivity index is 1.45. The molecule has 3 rings (SSSR count). The maximum atomic E-state index is 12.2. The Labute approximate surface area is 134 Å². The number of H-pyrrole nitrogens is 1. The molecule has 2 amide bonds. The first-order valence-corrected chi connectivity index (χ1v) is 7.95. The van der Waals surface area contributed by atoms with Gasteiger partial charge in [0.1, 0.15) is 0 Å². The molecule has 0 atom stereocenters. The molecule has 7 heteroatoms. The molecule has 23 heavy (non-hydrogen) atoms. The Kier molecular flexibility index (Phi) is 4.87. The second kappa shape index (κ2) is 7.23. The van der Waals surface area contributed by atoms with Crippen LogP contribution >= 0.6 is 0 Å². The van der Waals surface area contributed by atoms with Crippen LogP contribution in [0, 0.1) is 5.92 Å². The summed E-state index contributed by atoms with van der Waals surface area (Å²) in [6.45, 7) is 2.59. The quantitative estimate of drug-likeness (QED) is 0.601. The molecule has 4 N–H and O–H groups in total. The lowest BCUT2D eigenvalue weighted by Gasteiger charge is -2.21. The molecule has 0 unspecified atom stereocenters. The second-order valence-corrected chi connectivity index (χ2v) is 5.69. The van der Waals surface area contributed by atoms with Crippen LogP contribution in [0.15, 0.2) is 24.3 Å². The maximum absolute atomic E-state index is 12.2. The zero-order valence-corrected chi connectivity index (χ0v) is 12.9. The van der Waals surface area contributed by atoms with Crippen LogP contribution in [0.3, 0.4) is 0 Å². The van der Waals surface area contributed by atoms with E-state index in [1.54, 1.807) is 0 Å². The van der Waals surface area contributed by atoms with E-state index >= 15 is 0 Å². The highest BCUT2D eigenvalue weighted by atomic mass is 16.2. The molecule has 0 radical (unpaired) electrons. The van der Waals surface area contributed by atoms with Gasteiger partial charge >= 0.3 is 0 Å². The Morgan fingerprint density at radius 3 is 2.70 bits per heavy atom. The number of aromatic nitrogens is 2. The van der Waals surface area contributed by atoms with Crippen LogP contribution in [0.2, 0.25) is 0 Å². The normalized spacial score (nSPS) is 15.5. The lowest BCUT2D eigenvalue weighted by molar-refractivity contribution is -0.125. The predicted molar refractivity (Wildman–Crippen MR) is 87.0 cm³/mol. The smallest absolute Gasteiger partial charge is 0.272 e. The van der Waals surface area contributed by atoms with Crippen LogP contribution in [0.5, 0.6) is 0 Å². The number of amides is 2. The average Bonchev–Trinajstić information content (AvgIpc) is 3.03. The van der Waals surface area contributed by atoms with Gasteiger partial charge in [0.15, 0.2) is 5.69 Å². The van der Waals surface area contributed by atoms with E-state index in [4.69, 9.17) is 0 Å². The Morgan fingerprint density at radius 2 is 1.87 bits per heavy atom. The maximum Gasteiger partial charge on any atom is 0.272 e. The van der Waals surface area contributed by atoms with E-state index in [-0.39, 0.29) is 17.7 Å². The predicted octanol–water partition coefficient (Wildman–Crippen LogP) is 0.409.